The van der Waals surface area contributed by atoms with Crippen LogP contribution in [0, 0.1) is 23.2 Å². The number of ether oxygens (including phenoxy) is 1. The van der Waals surface area contributed by atoms with Crippen LogP contribution < -0.4 is 11.1 Å². The number of nitriles is 1. The maximum Gasteiger partial charge on any atom is 0.414 e. The lowest BCUT2D eigenvalue weighted by Gasteiger charge is -2.38. The van der Waals surface area contributed by atoms with E-state index in [0.29, 0.717) is 38.3 Å². The van der Waals surface area contributed by atoms with E-state index in [-0.39, 0.29) is 34.3 Å². The zero-order valence-corrected chi connectivity index (χ0v) is 18.7. The average molecular weight is 454 g/mol. The molecule has 2 fully saturated rings. The number of thiocarbonyl (C=S) groups is 1. The van der Waals surface area contributed by atoms with Gasteiger partial charge in [-0.3, -0.25) is 9.80 Å². The van der Waals surface area contributed by atoms with E-state index < -0.39 is 12.0 Å². The van der Waals surface area contributed by atoms with Crippen LogP contribution in [0.1, 0.15) is 26.2 Å². The van der Waals surface area contributed by atoms with E-state index in [1.807, 2.05) is 13.0 Å². The van der Waals surface area contributed by atoms with Gasteiger partial charge in [-0.15, -0.1) is 0 Å². The van der Waals surface area contributed by atoms with Crippen LogP contribution in [0.2, 0.25) is 0 Å². The fourth-order valence-corrected chi connectivity index (χ4v) is 4.61. The lowest BCUT2D eigenvalue weighted by atomic mass is 9.84. The van der Waals surface area contributed by atoms with Crippen molar-refractivity contribution >= 4 is 35.9 Å². The molecule has 0 aromatic rings. The summed E-state index contributed by atoms with van der Waals surface area (Å²) in [5.41, 5.74) is 6.22. The molecular formula is C20H28FN5O2S2. The highest BCUT2D eigenvalue weighted by atomic mass is 32.1. The van der Waals surface area contributed by atoms with E-state index in [1.54, 1.807) is 0 Å². The molecule has 4 atom stereocenters. The monoisotopic (exact) mass is 453 g/mol. The maximum absolute atomic E-state index is 14.9. The highest BCUT2D eigenvalue weighted by molar-refractivity contribution is 7.80. The number of thiol groups is 1. The second-order valence-corrected chi connectivity index (χ2v) is 9.24. The van der Waals surface area contributed by atoms with Crippen LogP contribution in [0.3, 0.4) is 0 Å². The fraction of sp³-hybridized carbons (Fsp3) is 0.650. The average Bonchev–Trinajstić information content (AvgIpc) is 3.08. The van der Waals surface area contributed by atoms with E-state index in [4.69, 9.17) is 22.7 Å². The number of hydrogen-bond donors (Lipinski definition) is 3. The molecule has 0 bridgehead atoms. The molecule has 2 heterocycles. The maximum atomic E-state index is 14.9. The number of carbonyl (C=O) groups excluding carboxylic acids is 1. The molecule has 2 aliphatic heterocycles. The van der Waals surface area contributed by atoms with E-state index in [2.05, 4.69) is 28.9 Å². The van der Waals surface area contributed by atoms with Crippen LogP contribution in [0.5, 0.6) is 0 Å². The molecule has 30 heavy (non-hydrogen) atoms. The third-order valence-corrected chi connectivity index (χ3v) is 6.35. The Hall–Kier alpha value is -1.67. The normalized spacial score (nSPS) is 27.7. The Morgan fingerprint density at radius 2 is 2.23 bits per heavy atom. The van der Waals surface area contributed by atoms with Crippen molar-refractivity contribution in [3.05, 3.63) is 23.7 Å². The molecule has 3 unspecified atom stereocenters. The van der Waals surface area contributed by atoms with Gasteiger partial charge in [0.1, 0.15) is 11.9 Å². The van der Waals surface area contributed by atoms with Gasteiger partial charge in [0, 0.05) is 17.6 Å². The van der Waals surface area contributed by atoms with Crippen LogP contribution in [-0.4, -0.2) is 64.6 Å². The number of piperidine rings is 1. The van der Waals surface area contributed by atoms with Crippen molar-refractivity contribution in [3.63, 3.8) is 0 Å². The number of hydrogen-bond acceptors (Lipinski definition) is 7. The summed E-state index contributed by atoms with van der Waals surface area (Å²) in [5, 5.41) is 12.4. The molecule has 164 valence electrons. The zero-order valence-electron chi connectivity index (χ0n) is 17.0. The van der Waals surface area contributed by atoms with E-state index in [9.17, 15) is 14.4 Å². The Labute approximate surface area is 187 Å². The number of nitrogens with zero attached hydrogens (tertiary/aromatic N) is 3. The first kappa shape index (κ1) is 23.0. The number of nitrogens with two attached hydrogens (primary N) is 1. The minimum atomic E-state index is -0.455. The van der Waals surface area contributed by atoms with Gasteiger partial charge in [-0.25, -0.2) is 9.18 Å². The van der Waals surface area contributed by atoms with Gasteiger partial charge in [-0.2, -0.15) is 17.9 Å². The largest absolute Gasteiger partial charge is 0.443 e. The van der Waals surface area contributed by atoms with Crippen LogP contribution in [0.4, 0.5) is 9.18 Å². The third kappa shape index (κ3) is 5.32. The smallest absolute Gasteiger partial charge is 0.414 e. The number of likely N-dealkylation sites (tertiary alicyclic amines) is 1. The Morgan fingerprint density at radius 3 is 2.80 bits per heavy atom. The zero-order chi connectivity index (χ0) is 21.8. The van der Waals surface area contributed by atoms with Crippen molar-refractivity contribution in [1.29, 1.82) is 5.26 Å². The quantitative estimate of drug-likeness (QED) is 0.309. The summed E-state index contributed by atoms with van der Waals surface area (Å²) in [6.45, 7) is 4.14. The highest BCUT2D eigenvalue weighted by Gasteiger charge is 2.37. The summed E-state index contributed by atoms with van der Waals surface area (Å²) in [7, 11) is 0. The summed E-state index contributed by atoms with van der Waals surface area (Å²) in [6.07, 6.45) is 4.59. The SMILES string of the molecule is CC(S)NC[C@H]1CN(C2=CCC(N3CCC(C(C#N)C(N)=S)CC3)C(F)=C2)C(=O)O1. The molecular weight excluding hydrogens is 425 g/mol. The van der Waals surface area contributed by atoms with Gasteiger partial charge in [0.25, 0.3) is 0 Å². The molecule has 3 N–H and O–H groups in total. The van der Waals surface area contributed by atoms with Gasteiger partial charge in [-0.05, 0) is 51.3 Å². The summed E-state index contributed by atoms with van der Waals surface area (Å²) >= 11 is 9.25. The first-order chi connectivity index (χ1) is 14.3. The molecule has 0 saturated carbocycles. The second-order valence-electron chi connectivity index (χ2n) is 7.99. The molecule has 0 aromatic carbocycles. The molecule has 3 aliphatic rings. The molecule has 2 saturated heterocycles. The molecule has 0 aromatic heterocycles. The first-order valence-corrected chi connectivity index (χ1v) is 11.1. The third-order valence-electron chi connectivity index (χ3n) is 5.91. The Balaban J connectivity index is 1.55. The van der Waals surface area contributed by atoms with Gasteiger partial charge in [0.2, 0.25) is 0 Å². The van der Waals surface area contributed by atoms with Gasteiger partial charge >= 0.3 is 6.09 Å². The van der Waals surface area contributed by atoms with Crippen LogP contribution in [0.15, 0.2) is 23.7 Å². The predicted octanol–water partition coefficient (Wildman–Crippen LogP) is 2.32. The minimum absolute atomic E-state index is 0.00208. The number of carbonyl (C=O) groups is 1. The Kier molecular flexibility index (Phi) is 7.74. The Morgan fingerprint density at radius 1 is 1.53 bits per heavy atom. The van der Waals surface area contributed by atoms with Crippen molar-refractivity contribution in [2.24, 2.45) is 17.6 Å². The van der Waals surface area contributed by atoms with E-state index in [1.165, 1.54) is 11.0 Å². The number of allylic oxidation sites excluding steroid dienone is 1. The minimum Gasteiger partial charge on any atom is -0.443 e. The molecule has 1 amide bonds. The lowest BCUT2D eigenvalue weighted by molar-refractivity contribution is 0.128. The fourth-order valence-electron chi connectivity index (χ4n) is 4.26. The van der Waals surface area contributed by atoms with Crippen molar-refractivity contribution < 1.29 is 13.9 Å². The number of amides is 1. The van der Waals surface area contributed by atoms with Crippen LogP contribution in [0.25, 0.3) is 0 Å². The second kappa shape index (κ2) is 10.1. The van der Waals surface area contributed by atoms with Crippen molar-refractivity contribution in [3.8, 4) is 6.07 Å². The summed E-state index contributed by atoms with van der Waals surface area (Å²) in [4.78, 5) is 16.0. The van der Waals surface area contributed by atoms with Crippen LogP contribution >= 0.6 is 24.8 Å². The van der Waals surface area contributed by atoms with Gasteiger partial charge in [0.05, 0.1) is 29.6 Å². The summed E-state index contributed by atoms with van der Waals surface area (Å²) in [5.74, 6) is -0.555. The molecule has 7 nitrogen and oxygen atoms in total. The van der Waals surface area contributed by atoms with E-state index >= 15 is 0 Å². The molecule has 10 heteroatoms. The highest BCUT2D eigenvalue weighted by Crippen LogP contribution is 2.32. The topological polar surface area (TPSA) is 94.6 Å². The number of nitrogens with one attached hydrogen (secondary N) is 1. The predicted molar refractivity (Wildman–Crippen MR) is 119 cm³/mol. The van der Waals surface area contributed by atoms with Gasteiger partial charge < -0.3 is 15.8 Å². The van der Waals surface area contributed by atoms with Gasteiger partial charge in [-0.1, -0.05) is 18.3 Å². The van der Waals surface area contributed by atoms with Crippen molar-refractivity contribution in [2.75, 3.05) is 26.2 Å². The molecule has 0 radical (unpaired) electrons. The lowest BCUT2D eigenvalue weighted by Crippen LogP contribution is -2.45. The standard InChI is InChI=1S/C20H28FN5O2S2/c1-12(29)24-10-15-11-26(20(27)28-15)14-2-3-18(17(21)8-14)25-6-4-13(5-7-25)16(9-22)19(23)30/h2,8,12-13,15-16,18,24,29H,3-7,10-11H2,1H3,(H2,23,30)/t12?,15-,16?,18?/m0/s1. The number of halogens is 1. The van der Waals surface area contributed by atoms with E-state index in [0.717, 1.165) is 12.8 Å². The van der Waals surface area contributed by atoms with Crippen molar-refractivity contribution in [2.45, 2.75) is 43.7 Å². The van der Waals surface area contributed by atoms with Crippen molar-refractivity contribution in [1.82, 2.24) is 15.1 Å². The molecule has 1 aliphatic carbocycles. The van der Waals surface area contributed by atoms with Crippen LogP contribution in [-0.2, 0) is 4.74 Å². The first-order valence-electron chi connectivity index (χ1n) is 10.2. The molecule has 3 rings (SSSR count). The summed E-state index contributed by atoms with van der Waals surface area (Å²) < 4.78 is 20.3. The van der Waals surface area contributed by atoms with Gasteiger partial charge in [0.15, 0.2) is 0 Å². The Bertz CT molecular complexity index is 774. The number of cyclic esters (lactones) is 1. The number of rotatable bonds is 7. The summed E-state index contributed by atoms with van der Waals surface area (Å²) in [6, 6.07) is 1.85. The molecule has 0 spiro atoms.